The molecule has 0 radical (unpaired) electrons. The predicted molar refractivity (Wildman–Crippen MR) is 67.5 cm³/mol. The number of methoxy groups -OCH3 is 1. The molecule has 0 aliphatic heterocycles. The van der Waals surface area contributed by atoms with Crippen LogP contribution in [0.1, 0.15) is 35.8 Å². The van der Waals surface area contributed by atoms with Gasteiger partial charge in [0, 0.05) is 25.9 Å². The van der Waals surface area contributed by atoms with Crippen LogP contribution >= 0.6 is 0 Å². The minimum Gasteiger partial charge on any atom is -0.389 e. The zero-order valence-corrected chi connectivity index (χ0v) is 10.6. The van der Waals surface area contributed by atoms with Gasteiger partial charge in [0.25, 0.3) is 5.91 Å². The van der Waals surface area contributed by atoms with Crippen molar-refractivity contribution >= 4 is 5.91 Å². The van der Waals surface area contributed by atoms with Crippen LogP contribution in [0, 0.1) is 0 Å². The Bertz CT molecular complexity index is 399. The Labute approximate surface area is 107 Å². The molecule has 1 atom stereocenters. The SMILES string of the molecule is COCC(O)CNC(=O)c1cccn1C1CCC1. The molecule has 18 heavy (non-hydrogen) atoms. The minimum absolute atomic E-state index is 0.137. The Kier molecular flexibility index (Phi) is 4.38. The highest BCUT2D eigenvalue weighted by Crippen LogP contribution is 2.32. The van der Waals surface area contributed by atoms with Gasteiger partial charge in [-0.05, 0) is 31.4 Å². The molecular formula is C13H20N2O3. The molecule has 2 rings (SSSR count). The van der Waals surface area contributed by atoms with E-state index in [-0.39, 0.29) is 19.1 Å². The molecule has 100 valence electrons. The fourth-order valence-electron chi connectivity index (χ4n) is 2.12. The monoisotopic (exact) mass is 252 g/mol. The van der Waals surface area contributed by atoms with Gasteiger partial charge in [-0.25, -0.2) is 0 Å². The molecule has 1 aromatic heterocycles. The van der Waals surface area contributed by atoms with Crippen molar-refractivity contribution in [3.05, 3.63) is 24.0 Å². The van der Waals surface area contributed by atoms with Crippen molar-refractivity contribution in [3.8, 4) is 0 Å². The molecule has 0 saturated heterocycles. The summed E-state index contributed by atoms with van der Waals surface area (Å²) in [6.45, 7) is 0.437. The van der Waals surface area contributed by atoms with Crippen LogP contribution in [0.2, 0.25) is 0 Å². The van der Waals surface area contributed by atoms with Gasteiger partial charge in [0.05, 0.1) is 12.7 Å². The van der Waals surface area contributed by atoms with Gasteiger partial charge >= 0.3 is 0 Å². The van der Waals surface area contributed by atoms with Crippen molar-refractivity contribution in [1.82, 2.24) is 9.88 Å². The molecule has 1 fully saturated rings. The summed E-state index contributed by atoms with van der Waals surface area (Å²) in [6, 6.07) is 4.17. The average Bonchev–Trinajstić information content (AvgIpc) is 2.73. The van der Waals surface area contributed by atoms with Gasteiger partial charge in [0.15, 0.2) is 0 Å². The molecule has 5 nitrogen and oxygen atoms in total. The highest BCUT2D eigenvalue weighted by atomic mass is 16.5. The molecule has 1 aliphatic carbocycles. The molecule has 1 saturated carbocycles. The lowest BCUT2D eigenvalue weighted by Gasteiger charge is -2.28. The standard InChI is InChI=1S/C13H20N2O3/c1-18-9-11(16)8-14-13(17)12-6-3-7-15(12)10-4-2-5-10/h3,6-7,10-11,16H,2,4-5,8-9H2,1H3,(H,14,17). The van der Waals surface area contributed by atoms with Gasteiger partial charge in [-0.2, -0.15) is 0 Å². The lowest BCUT2D eigenvalue weighted by Crippen LogP contribution is -2.36. The van der Waals surface area contributed by atoms with Crippen molar-refractivity contribution in [2.24, 2.45) is 0 Å². The molecule has 1 unspecified atom stereocenters. The second-order valence-electron chi connectivity index (χ2n) is 4.70. The molecule has 0 aromatic carbocycles. The second-order valence-corrected chi connectivity index (χ2v) is 4.70. The first-order chi connectivity index (χ1) is 8.72. The molecule has 0 spiro atoms. The lowest BCUT2D eigenvalue weighted by molar-refractivity contribution is 0.0606. The number of hydrogen-bond acceptors (Lipinski definition) is 3. The summed E-state index contributed by atoms with van der Waals surface area (Å²) in [5.74, 6) is -0.137. The summed E-state index contributed by atoms with van der Waals surface area (Å²) in [5, 5.41) is 12.2. The molecular weight excluding hydrogens is 232 g/mol. The van der Waals surface area contributed by atoms with Gasteiger partial charge < -0.3 is 19.7 Å². The van der Waals surface area contributed by atoms with E-state index in [0.717, 1.165) is 12.8 Å². The zero-order valence-electron chi connectivity index (χ0n) is 10.6. The van der Waals surface area contributed by atoms with E-state index in [1.165, 1.54) is 13.5 Å². The maximum absolute atomic E-state index is 12.0. The number of aromatic nitrogens is 1. The molecule has 5 heteroatoms. The van der Waals surface area contributed by atoms with Crippen LogP contribution in [0.5, 0.6) is 0 Å². The predicted octanol–water partition coefficient (Wildman–Crippen LogP) is 0.950. The van der Waals surface area contributed by atoms with E-state index in [4.69, 9.17) is 4.74 Å². The summed E-state index contributed by atoms with van der Waals surface area (Å²) in [6.07, 6.45) is 4.80. The number of carbonyl (C=O) groups excluding carboxylic acids is 1. The van der Waals surface area contributed by atoms with Crippen LogP contribution in [0.4, 0.5) is 0 Å². The Hall–Kier alpha value is -1.33. The molecule has 2 N–H and O–H groups in total. The number of rotatable bonds is 6. The minimum atomic E-state index is -0.661. The highest BCUT2D eigenvalue weighted by molar-refractivity contribution is 5.92. The summed E-state index contributed by atoms with van der Waals surface area (Å²) in [7, 11) is 1.52. The number of nitrogens with zero attached hydrogens (tertiary/aromatic N) is 1. The number of nitrogens with one attached hydrogen (secondary N) is 1. The maximum atomic E-state index is 12.0. The van der Waals surface area contributed by atoms with Gasteiger partial charge in [0.1, 0.15) is 5.69 Å². The smallest absolute Gasteiger partial charge is 0.268 e. The Balaban J connectivity index is 1.90. The van der Waals surface area contributed by atoms with Crippen molar-refractivity contribution in [3.63, 3.8) is 0 Å². The van der Waals surface area contributed by atoms with Crippen LogP contribution in [-0.2, 0) is 4.74 Å². The van der Waals surface area contributed by atoms with E-state index in [2.05, 4.69) is 5.32 Å². The van der Waals surface area contributed by atoms with Gasteiger partial charge in [0.2, 0.25) is 0 Å². The largest absolute Gasteiger partial charge is 0.389 e. The van der Waals surface area contributed by atoms with Crippen LogP contribution in [0.15, 0.2) is 18.3 Å². The highest BCUT2D eigenvalue weighted by Gasteiger charge is 2.23. The first-order valence-corrected chi connectivity index (χ1v) is 6.34. The quantitative estimate of drug-likeness (QED) is 0.792. The van der Waals surface area contributed by atoms with Crippen molar-refractivity contribution in [2.45, 2.75) is 31.4 Å². The van der Waals surface area contributed by atoms with E-state index in [1.807, 2.05) is 22.9 Å². The molecule has 1 aromatic rings. The van der Waals surface area contributed by atoms with Crippen molar-refractivity contribution < 1.29 is 14.6 Å². The lowest BCUT2D eigenvalue weighted by atomic mass is 9.93. The van der Waals surface area contributed by atoms with E-state index in [9.17, 15) is 9.90 Å². The van der Waals surface area contributed by atoms with Crippen LogP contribution in [0.25, 0.3) is 0 Å². The summed E-state index contributed by atoms with van der Waals surface area (Å²) >= 11 is 0. The topological polar surface area (TPSA) is 63.5 Å². The molecule has 1 heterocycles. The Morgan fingerprint density at radius 3 is 3.06 bits per heavy atom. The van der Waals surface area contributed by atoms with Crippen molar-refractivity contribution in [1.29, 1.82) is 0 Å². The summed E-state index contributed by atoms with van der Waals surface area (Å²) in [5.41, 5.74) is 0.671. The fourth-order valence-corrected chi connectivity index (χ4v) is 2.12. The molecule has 0 bridgehead atoms. The maximum Gasteiger partial charge on any atom is 0.268 e. The number of ether oxygens (including phenoxy) is 1. The third kappa shape index (κ3) is 2.91. The van der Waals surface area contributed by atoms with E-state index in [0.29, 0.717) is 11.7 Å². The Morgan fingerprint density at radius 2 is 2.44 bits per heavy atom. The van der Waals surface area contributed by atoms with Crippen LogP contribution < -0.4 is 5.32 Å². The van der Waals surface area contributed by atoms with E-state index < -0.39 is 6.10 Å². The molecule has 1 amide bonds. The number of hydrogen-bond donors (Lipinski definition) is 2. The number of aliphatic hydroxyl groups excluding tert-OH is 1. The fraction of sp³-hybridized carbons (Fsp3) is 0.615. The average molecular weight is 252 g/mol. The normalized spacial score (nSPS) is 17.2. The van der Waals surface area contributed by atoms with Crippen LogP contribution in [0.3, 0.4) is 0 Å². The number of carbonyl (C=O) groups is 1. The molecule has 1 aliphatic rings. The first-order valence-electron chi connectivity index (χ1n) is 6.34. The van der Waals surface area contributed by atoms with Gasteiger partial charge in [-0.3, -0.25) is 4.79 Å². The summed E-state index contributed by atoms with van der Waals surface area (Å²) in [4.78, 5) is 12.0. The third-order valence-electron chi connectivity index (χ3n) is 3.34. The third-order valence-corrected chi connectivity index (χ3v) is 3.34. The Morgan fingerprint density at radius 1 is 1.67 bits per heavy atom. The van der Waals surface area contributed by atoms with Gasteiger partial charge in [-0.15, -0.1) is 0 Å². The van der Waals surface area contributed by atoms with E-state index >= 15 is 0 Å². The zero-order chi connectivity index (χ0) is 13.0. The number of amides is 1. The number of aliphatic hydroxyl groups is 1. The van der Waals surface area contributed by atoms with E-state index in [1.54, 1.807) is 0 Å². The first kappa shape index (κ1) is 13.1. The summed E-state index contributed by atoms with van der Waals surface area (Å²) < 4.78 is 6.84. The van der Waals surface area contributed by atoms with Gasteiger partial charge in [-0.1, -0.05) is 0 Å². The van der Waals surface area contributed by atoms with Crippen molar-refractivity contribution in [2.75, 3.05) is 20.3 Å². The van der Waals surface area contributed by atoms with Crippen LogP contribution in [-0.4, -0.2) is 41.9 Å². The second kappa shape index (κ2) is 6.02.